The molecule has 184 valence electrons. The van der Waals surface area contributed by atoms with Crippen LogP contribution in [0.4, 0.5) is 9.18 Å². The third-order valence-corrected chi connectivity index (χ3v) is 7.34. The van der Waals surface area contributed by atoms with Crippen molar-refractivity contribution in [3.8, 4) is 16.9 Å². The third kappa shape index (κ3) is 3.95. The third-order valence-electron chi connectivity index (χ3n) is 7.34. The smallest absolute Gasteiger partial charge is 0.410 e. The quantitative estimate of drug-likeness (QED) is 0.443. The second kappa shape index (κ2) is 9.43. The maximum absolute atomic E-state index is 14.9. The van der Waals surface area contributed by atoms with E-state index in [-0.39, 0.29) is 36.5 Å². The van der Waals surface area contributed by atoms with Gasteiger partial charge in [0.1, 0.15) is 18.2 Å². The van der Waals surface area contributed by atoms with Crippen molar-refractivity contribution in [3.05, 3.63) is 95.3 Å². The molecule has 3 aromatic carbocycles. The second-order valence-electron chi connectivity index (χ2n) is 9.44. The van der Waals surface area contributed by atoms with Crippen LogP contribution in [0.5, 0.6) is 5.75 Å². The Labute approximate surface area is 210 Å². The first-order valence-electron chi connectivity index (χ1n) is 12.5. The van der Waals surface area contributed by atoms with Crippen LogP contribution < -0.4 is 4.74 Å². The molecule has 1 aliphatic carbocycles. The number of morpholine rings is 1. The van der Waals surface area contributed by atoms with Gasteiger partial charge in [-0.1, -0.05) is 54.6 Å². The van der Waals surface area contributed by atoms with Gasteiger partial charge in [-0.15, -0.1) is 0 Å². The lowest BCUT2D eigenvalue weighted by molar-refractivity contribution is -0.0331. The van der Waals surface area contributed by atoms with E-state index in [1.165, 1.54) is 28.3 Å². The summed E-state index contributed by atoms with van der Waals surface area (Å²) in [6.07, 6.45) is 2.10. The number of carbonyl (C=O) groups excluding carboxylic acids is 1. The van der Waals surface area contributed by atoms with E-state index in [0.29, 0.717) is 37.6 Å². The minimum Gasteiger partial charge on any atom is -0.494 e. The van der Waals surface area contributed by atoms with E-state index in [4.69, 9.17) is 14.2 Å². The van der Waals surface area contributed by atoms with Crippen molar-refractivity contribution in [3.63, 3.8) is 0 Å². The molecule has 2 heterocycles. The second-order valence-corrected chi connectivity index (χ2v) is 9.44. The average molecular weight is 486 g/mol. The summed E-state index contributed by atoms with van der Waals surface area (Å²) in [5.41, 5.74) is 6.19. The first kappa shape index (κ1) is 22.8. The standard InChI is InChI=1S/C30H28FNO4/c1-2-35-22-11-12-23(29(31)15-22)19-13-20-16-34-17-21(14-19)32(20)30(33)36-18-28-26-9-5-3-7-24(26)25-8-4-6-10-27(25)28/h3-13,15,20-21,28H,2,14,16-18H2,1H3. The van der Waals surface area contributed by atoms with Crippen LogP contribution in [0, 0.1) is 5.82 Å². The molecule has 36 heavy (non-hydrogen) atoms. The summed E-state index contributed by atoms with van der Waals surface area (Å²) in [7, 11) is 0. The van der Waals surface area contributed by atoms with Gasteiger partial charge in [0.05, 0.1) is 31.9 Å². The molecular weight excluding hydrogens is 457 g/mol. The van der Waals surface area contributed by atoms with E-state index in [2.05, 4.69) is 24.3 Å². The van der Waals surface area contributed by atoms with E-state index in [1.54, 1.807) is 17.0 Å². The molecule has 6 rings (SSSR count). The molecule has 2 unspecified atom stereocenters. The summed E-state index contributed by atoms with van der Waals surface area (Å²) in [5.74, 6) is 0.200. The summed E-state index contributed by atoms with van der Waals surface area (Å²) in [6.45, 7) is 3.39. The summed E-state index contributed by atoms with van der Waals surface area (Å²) in [5, 5.41) is 0. The van der Waals surface area contributed by atoms with Gasteiger partial charge in [-0.25, -0.2) is 9.18 Å². The molecule has 1 amide bonds. The number of hydrogen-bond donors (Lipinski definition) is 0. The van der Waals surface area contributed by atoms with Crippen molar-refractivity contribution in [1.82, 2.24) is 4.90 Å². The van der Waals surface area contributed by atoms with Gasteiger partial charge in [-0.2, -0.15) is 0 Å². The highest BCUT2D eigenvalue weighted by Crippen LogP contribution is 2.44. The van der Waals surface area contributed by atoms with Crippen molar-refractivity contribution in [2.24, 2.45) is 0 Å². The predicted octanol–water partition coefficient (Wildman–Crippen LogP) is 6.03. The Kier molecular flexibility index (Phi) is 5.97. The predicted molar refractivity (Wildman–Crippen MR) is 135 cm³/mol. The Morgan fingerprint density at radius 3 is 2.39 bits per heavy atom. The fourth-order valence-corrected chi connectivity index (χ4v) is 5.76. The average Bonchev–Trinajstić information content (AvgIpc) is 3.20. The summed E-state index contributed by atoms with van der Waals surface area (Å²) < 4.78 is 32.0. The van der Waals surface area contributed by atoms with Crippen LogP contribution in [-0.2, 0) is 9.47 Å². The van der Waals surface area contributed by atoms with Gasteiger partial charge in [0.25, 0.3) is 0 Å². The van der Waals surface area contributed by atoms with Crippen molar-refractivity contribution in [2.45, 2.75) is 31.3 Å². The molecule has 6 heteroatoms. The van der Waals surface area contributed by atoms with Gasteiger partial charge >= 0.3 is 6.09 Å². The molecule has 0 N–H and O–H groups in total. The van der Waals surface area contributed by atoms with Crippen molar-refractivity contribution < 1.29 is 23.4 Å². The van der Waals surface area contributed by atoms with Crippen molar-refractivity contribution in [2.75, 3.05) is 26.4 Å². The van der Waals surface area contributed by atoms with E-state index < -0.39 is 0 Å². The van der Waals surface area contributed by atoms with Gasteiger partial charge in [-0.3, -0.25) is 4.90 Å². The number of hydrogen-bond acceptors (Lipinski definition) is 4. The van der Waals surface area contributed by atoms with Crippen LogP contribution in [0.3, 0.4) is 0 Å². The minimum atomic E-state index is -0.349. The fourth-order valence-electron chi connectivity index (χ4n) is 5.76. The molecule has 2 bridgehead atoms. The minimum absolute atomic E-state index is 0.00582. The van der Waals surface area contributed by atoms with Crippen LogP contribution >= 0.6 is 0 Å². The lowest BCUT2D eigenvalue weighted by Crippen LogP contribution is -2.56. The Morgan fingerprint density at radius 2 is 1.72 bits per heavy atom. The Bertz CT molecular complexity index is 1290. The summed E-state index contributed by atoms with van der Waals surface area (Å²) in [4.78, 5) is 15.1. The normalized spacial score (nSPS) is 20.4. The van der Waals surface area contributed by atoms with Gasteiger partial charge in [0.2, 0.25) is 0 Å². The number of carbonyl (C=O) groups is 1. The Balaban J connectivity index is 1.21. The molecule has 0 radical (unpaired) electrons. The van der Waals surface area contributed by atoms with E-state index >= 15 is 0 Å². The van der Waals surface area contributed by atoms with E-state index in [9.17, 15) is 9.18 Å². The van der Waals surface area contributed by atoms with Crippen LogP contribution in [-0.4, -0.2) is 49.5 Å². The molecule has 1 saturated heterocycles. The molecular formula is C30H28FNO4. The molecule has 0 saturated carbocycles. The molecule has 1 fully saturated rings. The molecule has 3 aliphatic rings. The van der Waals surface area contributed by atoms with Gasteiger partial charge in [-0.05, 0) is 53.3 Å². The SMILES string of the molecule is CCOc1ccc(C2=CC3COCC(C2)N3C(=O)OCC2c3ccccc3-c3ccccc32)c(F)c1. The highest BCUT2D eigenvalue weighted by atomic mass is 19.1. The Hall–Kier alpha value is -3.64. The van der Waals surface area contributed by atoms with Crippen LogP contribution in [0.1, 0.15) is 36.0 Å². The first-order valence-corrected chi connectivity index (χ1v) is 12.5. The highest BCUT2D eigenvalue weighted by Gasteiger charge is 2.40. The number of amides is 1. The number of benzene rings is 3. The highest BCUT2D eigenvalue weighted by molar-refractivity contribution is 5.79. The van der Waals surface area contributed by atoms with Crippen molar-refractivity contribution in [1.29, 1.82) is 0 Å². The number of halogens is 1. The molecule has 5 nitrogen and oxygen atoms in total. The zero-order valence-corrected chi connectivity index (χ0v) is 20.2. The number of nitrogens with zero attached hydrogens (tertiary/aromatic N) is 1. The van der Waals surface area contributed by atoms with E-state index in [0.717, 1.165) is 5.57 Å². The maximum atomic E-state index is 14.9. The van der Waals surface area contributed by atoms with Crippen LogP contribution in [0.25, 0.3) is 16.7 Å². The fraction of sp³-hybridized carbons (Fsp3) is 0.300. The summed E-state index contributed by atoms with van der Waals surface area (Å²) in [6, 6.07) is 21.0. The van der Waals surface area contributed by atoms with Gasteiger partial charge in [0.15, 0.2) is 0 Å². The first-order chi connectivity index (χ1) is 17.6. The zero-order valence-electron chi connectivity index (χ0n) is 20.2. The zero-order chi connectivity index (χ0) is 24.6. The van der Waals surface area contributed by atoms with Gasteiger partial charge in [0, 0.05) is 17.5 Å². The van der Waals surface area contributed by atoms with Gasteiger partial charge < -0.3 is 14.2 Å². The van der Waals surface area contributed by atoms with Crippen molar-refractivity contribution >= 4 is 11.7 Å². The number of fused-ring (bicyclic) bond motifs is 5. The lowest BCUT2D eigenvalue weighted by Gasteiger charge is -2.44. The number of rotatable bonds is 5. The van der Waals surface area contributed by atoms with Crippen LogP contribution in [0.15, 0.2) is 72.8 Å². The molecule has 0 spiro atoms. The molecule has 2 aliphatic heterocycles. The maximum Gasteiger partial charge on any atom is 0.410 e. The Morgan fingerprint density at radius 1 is 1.00 bits per heavy atom. The largest absolute Gasteiger partial charge is 0.494 e. The molecule has 3 aromatic rings. The van der Waals surface area contributed by atoms with E-state index in [1.807, 2.05) is 37.3 Å². The summed E-state index contributed by atoms with van der Waals surface area (Å²) >= 11 is 0. The topological polar surface area (TPSA) is 48.0 Å². The molecule has 0 aromatic heterocycles. The molecule has 2 atom stereocenters. The monoisotopic (exact) mass is 485 g/mol. The van der Waals surface area contributed by atoms with Crippen LogP contribution in [0.2, 0.25) is 0 Å². The lowest BCUT2D eigenvalue weighted by atomic mass is 9.90. The number of ether oxygens (including phenoxy) is 3.